The third kappa shape index (κ3) is 4.32. The van der Waals surface area contributed by atoms with Crippen LogP contribution in [-0.4, -0.2) is 18.6 Å². The molecule has 1 aromatic rings. The Balaban J connectivity index is 2.60. The molecule has 1 rings (SSSR count). The number of halogens is 1. The van der Waals surface area contributed by atoms with Crippen LogP contribution in [0.3, 0.4) is 0 Å². The van der Waals surface area contributed by atoms with Crippen molar-refractivity contribution in [3.8, 4) is 5.75 Å². The second-order valence-corrected chi connectivity index (χ2v) is 3.80. The number of nitrogens with zero attached hydrogens (tertiary/aromatic N) is 1. The Labute approximate surface area is 95.1 Å². The number of pyridine rings is 1. The standard InChI is InChI=1S/C11H15ClN2O/c1-8(12)6-13-7-10-5-11(15-3)4-9(2)14-10/h4-5,13H,1,6-7H2,2-3H3. The molecule has 0 saturated carbocycles. The Morgan fingerprint density at radius 1 is 1.60 bits per heavy atom. The first-order valence-electron chi connectivity index (χ1n) is 4.67. The van der Waals surface area contributed by atoms with Crippen molar-refractivity contribution in [1.82, 2.24) is 10.3 Å². The van der Waals surface area contributed by atoms with E-state index >= 15 is 0 Å². The Kier molecular flexibility index (Phi) is 4.59. The number of methoxy groups -OCH3 is 1. The van der Waals surface area contributed by atoms with E-state index in [9.17, 15) is 0 Å². The number of hydrogen-bond donors (Lipinski definition) is 1. The molecule has 0 spiro atoms. The van der Waals surface area contributed by atoms with Crippen LogP contribution < -0.4 is 10.1 Å². The van der Waals surface area contributed by atoms with E-state index in [4.69, 9.17) is 16.3 Å². The van der Waals surface area contributed by atoms with Gasteiger partial charge in [-0.2, -0.15) is 0 Å². The van der Waals surface area contributed by atoms with Crippen LogP contribution >= 0.6 is 11.6 Å². The zero-order valence-electron chi connectivity index (χ0n) is 9.01. The Morgan fingerprint density at radius 3 is 2.93 bits per heavy atom. The van der Waals surface area contributed by atoms with Gasteiger partial charge < -0.3 is 10.1 Å². The first kappa shape index (κ1) is 12.0. The van der Waals surface area contributed by atoms with E-state index in [0.717, 1.165) is 17.1 Å². The number of hydrogen-bond acceptors (Lipinski definition) is 3. The molecule has 1 heterocycles. The summed E-state index contributed by atoms with van der Waals surface area (Å²) in [4.78, 5) is 4.36. The van der Waals surface area contributed by atoms with Crippen molar-refractivity contribution in [1.29, 1.82) is 0 Å². The monoisotopic (exact) mass is 226 g/mol. The molecule has 82 valence electrons. The van der Waals surface area contributed by atoms with E-state index in [1.165, 1.54) is 0 Å². The maximum absolute atomic E-state index is 5.63. The molecule has 1 N–H and O–H groups in total. The fourth-order valence-corrected chi connectivity index (χ4v) is 1.33. The fourth-order valence-electron chi connectivity index (χ4n) is 1.24. The number of nitrogens with one attached hydrogen (secondary N) is 1. The first-order chi connectivity index (χ1) is 7.11. The van der Waals surface area contributed by atoms with E-state index in [1.807, 2.05) is 19.1 Å². The van der Waals surface area contributed by atoms with Crippen LogP contribution in [0, 0.1) is 6.92 Å². The predicted octanol–water partition coefficient (Wildman–Crippen LogP) is 2.24. The predicted molar refractivity (Wildman–Crippen MR) is 62.2 cm³/mol. The zero-order chi connectivity index (χ0) is 11.3. The summed E-state index contributed by atoms with van der Waals surface area (Å²) in [6.45, 7) is 6.77. The smallest absolute Gasteiger partial charge is 0.122 e. The number of aryl methyl sites for hydroxylation is 1. The lowest BCUT2D eigenvalue weighted by Gasteiger charge is -2.06. The Hall–Kier alpha value is -1.06. The molecule has 15 heavy (non-hydrogen) atoms. The van der Waals surface area contributed by atoms with Crippen LogP contribution in [0.15, 0.2) is 23.7 Å². The molecule has 0 radical (unpaired) electrons. The molecule has 0 amide bonds. The third-order valence-electron chi connectivity index (χ3n) is 1.84. The Bertz CT molecular complexity index is 352. The van der Waals surface area contributed by atoms with Crippen molar-refractivity contribution in [3.05, 3.63) is 35.1 Å². The van der Waals surface area contributed by atoms with Gasteiger partial charge in [0.15, 0.2) is 0 Å². The van der Waals surface area contributed by atoms with Gasteiger partial charge in [-0.25, -0.2) is 0 Å². The summed E-state index contributed by atoms with van der Waals surface area (Å²) in [5.41, 5.74) is 1.88. The van der Waals surface area contributed by atoms with Crippen LogP contribution in [0.25, 0.3) is 0 Å². The minimum atomic E-state index is 0.583. The summed E-state index contributed by atoms with van der Waals surface area (Å²) in [6.07, 6.45) is 0. The van der Waals surface area contributed by atoms with Crippen LogP contribution in [0.2, 0.25) is 0 Å². The fraction of sp³-hybridized carbons (Fsp3) is 0.364. The molecule has 0 aliphatic rings. The molecule has 0 atom stereocenters. The lowest BCUT2D eigenvalue weighted by atomic mass is 10.3. The van der Waals surface area contributed by atoms with Crippen molar-refractivity contribution in [2.45, 2.75) is 13.5 Å². The molecular formula is C11H15ClN2O. The van der Waals surface area contributed by atoms with Crippen molar-refractivity contribution in [3.63, 3.8) is 0 Å². The first-order valence-corrected chi connectivity index (χ1v) is 5.05. The highest BCUT2D eigenvalue weighted by Gasteiger charge is 2.00. The van der Waals surface area contributed by atoms with E-state index in [2.05, 4.69) is 16.9 Å². The summed E-state index contributed by atoms with van der Waals surface area (Å²) < 4.78 is 5.15. The maximum Gasteiger partial charge on any atom is 0.122 e. The number of aromatic nitrogens is 1. The van der Waals surface area contributed by atoms with E-state index in [-0.39, 0.29) is 0 Å². The largest absolute Gasteiger partial charge is 0.497 e. The van der Waals surface area contributed by atoms with Gasteiger partial charge in [0, 0.05) is 35.9 Å². The zero-order valence-corrected chi connectivity index (χ0v) is 9.77. The van der Waals surface area contributed by atoms with Crippen molar-refractivity contribution >= 4 is 11.6 Å². The lowest BCUT2D eigenvalue weighted by Crippen LogP contribution is -2.15. The van der Waals surface area contributed by atoms with Crippen LogP contribution in [0.5, 0.6) is 5.75 Å². The number of rotatable bonds is 5. The summed E-state index contributed by atoms with van der Waals surface area (Å²) in [7, 11) is 1.65. The average molecular weight is 227 g/mol. The SMILES string of the molecule is C=C(Cl)CNCc1cc(OC)cc(C)n1. The van der Waals surface area contributed by atoms with Crippen LogP contribution in [0.1, 0.15) is 11.4 Å². The normalized spacial score (nSPS) is 10.1. The van der Waals surface area contributed by atoms with Gasteiger partial charge in [0.05, 0.1) is 12.8 Å². The molecule has 0 aliphatic heterocycles. The molecule has 0 unspecified atom stereocenters. The second kappa shape index (κ2) is 5.73. The van der Waals surface area contributed by atoms with Gasteiger partial charge in [0.25, 0.3) is 0 Å². The minimum Gasteiger partial charge on any atom is -0.497 e. The topological polar surface area (TPSA) is 34.1 Å². The lowest BCUT2D eigenvalue weighted by molar-refractivity contribution is 0.413. The third-order valence-corrected chi connectivity index (χ3v) is 1.97. The molecular weight excluding hydrogens is 212 g/mol. The molecule has 0 fully saturated rings. The van der Waals surface area contributed by atoms with Gasteiger partial charge in [0.1, 0.15) is 5.75 Å². The Morgan fingerprint density at radius 2 is 2.33 bits per heavy atom. The molecule has 3 nitrogen and oxygen atoms in total. The van der Waals surface area contributed by atoms with Gasteiger partial charge in [-0.05, 0) is 6.92 Å². The highest BCUT2D eigenvalue weighted by atomic mass is 35.5. The van der Waals surface area contributed by atoms with Crippen LogP contribution in [0.4, 0.5) is 0 Å². The second-order valence-electron chi connectivity index (χ2n) is 3.26. The van der Waals surface area contributed by atoms with E-state index in [1.54, 1.807) is 7.11 Å². The van der Waals surface area contributed by atoms with Gasteiger partial charge in [-0.3, -0.25) is 4.98 Å². The van der Waals surface area contributed by atoms with Crippen LogP contribution in [-0.2, 0) is 6.54 Å². The number of ether oxygens (including phenoxy) is 1. The van der Waals surface area contributed by atoms with Gasteiger partial charge in [0.2, 0.25) is 0 Å². The maximum atomic E-state index is 5.63. The minimum absolute atomic E-state index is 0.583. The quantitative estimate of drug-likeness (QED) is 0.836. The van der Waals surface area contributed by atoms with Gasteiger partial charge in [-0.1, -0.05) is 18.2 Å². The van der Waals surface area contributed by atoms with Gasteiger partial charge >= 0.3 is 0 Å². The van der Waals surface area contributed by atoms with E-state index in [0.29, 0.717) is 18.1 Å². The molecule has 1 aromatic heterocycles. The van der Waals surface area contributed by atoms with E-state index < -0.39 is 0 Å². The van der Waals surface area contributed by atoms with Crippen molar-refractivity contribution < 1.29 is 4.74 Å². The summed E-state index contributed by atoms with van der Waals surface area (Å²) in [6, 6.07) is 3.79. The molecule has 0 aromatic carbocycles. The molecule has 0 aliphatic carbocycles. The summed E-state index contributed by atoms with van der Waals surface area (Å²) in [5.74, 6) is 0.823. The average Bonchev–Trinajstić information content (AvgIpc) is 2.16. The van der Waals surface area contributed by atoms with Gasteiger partial charge in [-0.15, -0.1) is 0 Å². The molecule has 4 heteroatoms. The summed E-state index contributed by atoms with van der Waals surface area (Å²) >= 11 is 5.63. The summed E-state index contributed by atoms with van der Waals surface area (Å²) in [5, 5.41) is 3.72. The van der Waals surface area contributed by atoms with Crippen molar-refractivity contribution in [2.75, 3.05) is 13.7 Å². The molecule has 0 saturated heterocycles. The van der Waals surface area contributed by atoms with Crippen molar-refractivity contribution in [2.24, 2.45) is 0 Å². The highest BCUT2D eigenvalue weighted by Crippen LogP contribution is 2.13. The molecule has 0 bridgehead atoms. The highest BCUT2D eigenvalue weighted by molar-refractivity contribution is 6.29.